The van der Waals surface area contributed by atoms with E-state index < -0.39 is 0 Å². The van der Waals surface area contributed by atoms with Gasteiger partial charge in [-0.25, -0.2) is 9.73 Å². The number of benzene rings is 2. The zero-order valence-electron chi connectivity index (χ0n) is 25.1. The average Bonchev–Trinajstić information content (AvgIpc) is 3.42. The number of H-pyrrole nitrogens is 1. The summed E-state index contributed by atoms with van der Waals surface area (Å²) in [6.45, 7) is 12.0. The number of rotatable bonds is 5. The maximum absolute atomic E-state index is 13.2. The smallest absolute Gasteiger partial charge is 0.281 e. The molecule has 1 spiro atoms. The molecule has 0 radical (unpaired) electrons. The Balaban J connectivity index is 1.02. The number of piperazine rings is 1. The van der Waals surface area contributed by atoms with Gasteiger partial charge in [0.25, 0.3) is 5.56 Å². The van der Waals surface area contributed by atoms with Crippen LogP contribution in [0.15, 0.2) is 51.1 Å². The quantitative estimate of drug-likeness (QED) is 0.359. The first-order valence-electron chi connectivity index (χ1n) is 15.5. The molecule has 3 saturated heterocycles. The summed E-state index contributed by atoms with van der Waals surface area (Å²) < 4.78 is 1.81. The van der Waals surface area contributed by atoms with Crippen LogP contribution in [0.25, 0.3) is 16.6 Å². The molecule has 2 aromatic heterocycles. The number of hydrogen-bond acceptors (Lipinski definition) is 8. The van der Waals surface area contributed by atoms with Gasteiger partial charge in [-0.15, -0.1) is 5.10 Å². The number of amides is 1. The van der Waals surface area contributed by atoms with E-state index in [2.05, 4.69) is 73.4 Å². The monoisotopic (exact) mass is 600 g/mol. The highest BCUT2D eigenvalue weighted by molar-refractivity contribution is 7.99. The van der Waals surface area contributed by atoms with E-state index >= 15 is 0 Å². The third-order valence-electron chi connectivity index (χ3n) is 9.79. The van der Waals surface area contributed by atoms with Crippen molar-refractivity contribution in [3.63, 3.8) is 0 Å². The summed E-state index contributed by atoms with van der Waals surface area (Å²) in [7, 11) is 0. The summed E-state index contributed by atoms with van der Waals surface area (Å²) in [4.78, 5) is 38.4. The fourth-order valence-electron chi connectivity index (χ4n) is 7.02. The molecule has 2 N–H and O–H groups in total. The van der Waals surface area contributed by atoms with E-state index in [1.54, 1.807) is 0 Å². The van der Waals surface area contributed by atoms with Crippen molar-refractivity contribution in [2.75, 3.05) is 63.8 Å². The Morgan fingerprint density at radius 3 is 2.47 bits per heavy atom. The van der Waals surface area contributed by atoms with Gasteiger partial charge in [-0.05, 0) is 87.9 Å². The predicted octanol–water partition coefficient (Wildman–Crippen LogP) is 3.45. The molecular weight excluding hydrogens is 560 g/mol. The number of nitrogens with one attached hydrogen (secondary N) is 2. The van der Waals surface area contributed by atoms with Crippen LogP contribution in [0.2, 0.25) is 0 Å². The number of anilines is 1. The van der Waals surface area contributed by atoms with E-state index in [1.165, 1.54) is 35.7 Å². The van der Waals surface area contributed by atoms with Crippen molar-refractivity contribution in [1.82, 2.24) is 34.9 Å². The zero-order chi connectivity index (χ0) is 29.6. The molecule has 11 heteroatoms. The van der Waals surface area contributed by atoms with Crippen molar-refractivity contribution >= 4 is 39.9 Å². The molecule has 3 aliphatic heterocycles. The fourth-order valence-corrected chi connectivity index (χ4v) is 7.90. The van der Waals surface area contributed by atoms with Crippen molar-refractivity contribution in [3.05, 3.63) is 57.9 Å². The van der Waals surface area contributed by atoms with Crippen LogP contribution < -0.4 is 15.8 Å². The van der Waals surface area contributed by atoms with Crippen molar-refractivity contribution < 1.29 is 4.79 Å². The number of carbonyl (C=O) groups excluding carboxylic acids is 1. The van der Waals surface area contributed by atoms with Gasteiger partial charge in [0, 0.05) is 49.9 Å². The Bertz CT molecular complexity index is 1710. The molecule has 2 aromatic carbocycles. The number of hydrogen-bond donors (Lipinski definition) is 2. The second-order valence-electron chi connectivity index (χ2n) is 12.6. The van der Waals surface area contributed by atoms with Crippen molar-refractivity contribution in [2.24, 2.45) is 5.41 Å². The van der Waals surface area contributed by atoms with Gasteiger partial charge in [0.1, 0.15) is 0 Å². The van der Waals surface area contributed by atoms with Gasteiger partial charge in [0.15, 0.2) is 10.7 Å². The number of piperidine rings is 2. The van der Waals surface area contributed by atoms with Gasteiger partial charge in [-0.2, -0.15) is 4.98 Å². The minimum Gasteiger partial charge on any atom is -0.369 e. The number of aromatic amines is 1. The second-order valence-corrected chi connectivity index (χ2v) is 13.6. The molecule has 1 amide bonds. The standard InChI is InChI=1S/C32H40N8O2S/c1-22-3-6-27(23(2)19-22)43-31-29-34-30(42)25-5-4-24(20-26(25)40(29)36-35-31)38-17-15-37(16-18-38)21-28(41)39-13-9-32(10-14-39)7-11-33-12-8-32/h3-6,19-20,33,36H,7-18,21H2,1-2H3. The lowest BCUT2D eigenvalue weighted by Crippen LogP contribution is -2.52. The van der Waals surface area contributed by atoms with E-state index in [9.17, 15) is 9.59 Å². The fraction of sp³-hybridized carbons (Fsp3) is 0.500. The van der Waals surface area contributed by atoms with Crippen molar-refractivity contribution in [1.29, 1.82) is 0 Å². The molecule has 0 unspecified atom stereocenters. The first kappa shape index (κ1) is 28.4. The summed E-state index contributed by atoms with van der Waals surface area (Å²) in [6, 6.07) is 12.2. The van der Waals surface area contributed by atoms with Crippen LogP contribution in [-0.2, 0) is 4.79 Å². The van der Waals surface area contributed by atoms with Crippen molar-refractivity contribution in [3.8, 4) is 0 Å². The summed E-state index contributed by atoms with van der Waals surface area (Å²) >= 11 is 1.52. The van der Waals surface area contributed by atoms with E-state index in [-0.39, 0.29) is 11.5 Å². The molecule has 226 valence electrons. The minimum atomic E-state index is -0.252. The van der Waals surface area contributed by atoms with Crippen LogP contribution in [-0.4, -0.2) is 94.4 Å². The molecular formula is C32H40N8O2S. The maximum atomic E-state index is 13.2. The van der Waals surface area contributed by atoms with Gasteiger partial charge >= 0.3 is 0 Å². The lowest BCUT2D eigenvalue weighted by atomic mass is 9.71. The molecule has 0 saturated carbocycles. The summed E-state index contributed by atoms with van der Waals surface area (Å²) in [6.07, 6.45) is 4.78. The van der Waals surface area contributed by atoms with Gasteiger partial charge in [0.2, 0.25) is 5.91 Å². The molecule has 4 aromatic rings. The van der Waals surface area contributed by atoms with E-state index in [1.807, 2.05) is 16.6 Å². The maximum Gasteiger partial charge on any atom is 0.281 e. The van der Waals surface area contributed by atoms with Crippen LogP contribution >= 0.6 is 11.8 Å². The molecule has 7 rings (SSSR count). The van der Waals surface area contributed by atoms with Crippen LogP contribution in [0, 0.1) is 19.3 Å². The number of carbonyl (C=O) groups is 1. The Hall–Kier alpha value is -3.41. The Morgan fingerprint density at radius 1 is 0.953 bits per heavy atom. The average molecular weight is 601 g/mol. The second kappa shape index (κ2) is 11.6. The number of aromatic nitrogens is 4. The Labute approximate surface area is 255 Å². The van der Waals surface area contributed by atoms with E-state index in [0.29, 0.717) is 28.0 Å². The molecule has 0 bridgehead atoms. The normalized spacial score (nSPS) is 19.5. The summed E-state index contributed by atoms with van der Waals surface area (Å²) in [5.41, 5.74) is 4.93. The van der Waals surface area contributed by atoms with Crippen LogP contribution in [0.1, 0.15) is 36.8 Å². The molecule has 10 nitrogen and oxygen atoms in total. The van der Waals surface area contributed by atoms with Crippen LogP contribution in [0.3, 0.4) is 0 Å². The summed E-state index contributed by atoms with van der Waals surface area (Å²) in [5, 5.41) is 12.3. The van der Waals surface area contributed by atoms with Gasteiger partial charge in [-0.3, -0.25) is 14.5 Å². The lowest BCUT2D eigenvalue weighted by Gasteiger charge is -2.45. The zero-order valence-corrected chi connectivity index (χ0v) is 25.9. The number of aryl methyl sites for hydroxylation is 2. The molecule has 3 aliphatic rings. The van der Waals surface area contributed by atoms with E-state index in [0.717, 1.165) is 81.3 Å². The predicted molar refractivity (Wildman–Crippen MR) is 170 cm³/mol. The largest absolute Gasteiger partial charge is 0.369 e. The Morgan fingerprint density at radius 2 is 1.72 bits per heavy atom. The topological polar surface area (TPSA) is 102 Å². The summed E-state index contributed by atoms with van der Waals surface area (Å²) in [5.74, 6) is 0.269. The van der Waals surface area contributed by atoms with Gasteiger partial charge in [0.05, 0.1) is 17.4 Å². The highest BCUT2D eigenvalue weighted by atomic mass is 32.2. The minimum absolute atomic E-state index is 0.252. The van der Waals surface area contributed by atoms with Crippen LogP contribution in [0.5, 0.6) is 0 Å². The highest BCUT2D eigenvalue weighted by Crippen LogP contribution is 2.39. The van der Waals surface area contributed by atoms with Gasteiger partial charge < -0.3 is 15.1 Å². The Kier molecular flexibility index (Phi) is 7.65. The molecule has 5 heterocycles. The number of fused-ring (bicyclic) bond motifs is 3. The lowest BCUT2D eigenvalue weighted by molar-refractivity contribution is -0.135. The molecule has 3 fully saturated rings. The molecule has 0 atom stereocenters. The third-order valence-corrected chi connectivity index (χ3v) is 10.9. The van der Waals surface area contributed by atoms with Crippen LogP contribution in [0.4, 0.5) is 5.69 Å². The SMILES string of the molecule is Cc1ccc(Sc2n[nH]n3c2nc(=O)c2ccc(N4CCN(CC(=O)N5CCC6(CCNCC6)CC5)CC4)cc23)c(C)c1. The molecule has 43 heavy (non-hydrogen) atoms. The highest BCUT2D eigenvalue weighted by Gasteiger charge is 2.37. The van der Waals surface area contributed by atoms with Gasteiger partial charge in [-0.1, -0.05) is 29.5 Å². The first-order chi connectivity index (χ1) is 20.9. The van der Waals surface area contributed by atoms with E-state index in [4.69, 9.17) is 0 Å². The molecule has 0 aliphatic carbocycles. The first-order valence-corrected chi connectivity index (χ1v) is 16.3. The van der Waals surface area contributed by atoms with Crippen molar-refractivity contribution in [2.45, 2.75) is 49.5 Å². The third kappa shape index (κ3) is 5.65. The number of likely N-dealkylation sites (tertiary alicyclic amines) is 1. The number of nitrogens with zero attached hydrogens (tertiary/aromatic N) is 6.